The molecule has 0 aliphatic heterocycles. The van der Waals surface area contributed by atoms with Crippen molar-refractivity contribution in [2.75, 3.05) is 6.54 Å². The smallest absolute Gasteiger partial charge is 0.267 e. The zero-order valence-corrected chi connectivity index (χ0v) is 19.8. The molecule has 3 rings (SSSR count). The van der Waals surface area contributed by atoms with E-state index >= 15 is 0 Å². The molecule has 0 aliphatic carbocycles. The maximum atomic E-state index is 12.5. The molecule has 0 spiro atoms. The number of carbonyl (C=O) groups is 1. The van der Waals surface area contributed by atoms with Crippen LogP contribution in [0, 0.1) is 0 Å². The minimum atomic E-state index is -0.149. The molecule has 33 heavy (non-hydrogen) atoms. The Bertz CT molecular complexity index is 1140. The fourth-order valence-corrected chi connectivity index (χ4v) is 3.77. The molecule has 0 bridgehead atoms. The first-order chi connectivity index (χ1) is 16.0. The third kappa shape index (κ3) is 6.54. The van der Waals surface area contributed by atoms with Crippen LogP contribution >= 0.6 is 0 Å². The lowest BCUT2D eigenvalue weighted by atomic mass is 10.1. The van der Waals surface area contributed by atoms with Crippen molar-refractivity contribution in [3.63, 3.8) is 0 Å². The predicted molar refractivity (Wildman–Crippen MR) is 136 cm³/mol. The largest absolute Gasteiger partial charge is 0.506 e. The highest BCUT2D eigenvalue weighted by Gasteiger charge is 2.13. The van der Waals surface area contributed by atoms with E-state index in [1.165, 1.54) is 12.8 Å². The van der Waals surface area contributed by atoms with Gasteiger partial charge >= 0.3 is 0 Å². The number of pyridine rings is 1. The molecule has 1 amide bonds. The number of aromatic nitrogens is 2. The van der Waals surface area contributed by atoms with Crippen molar-refractivity contribution in [1.82, 2.24) is 15.3 Å². The average molecular weight is 447 g/mol. The zero-order valence-electron chi connectivity index (χ0n) is 19.8. The summed E-state index contributed by atoms with van der Waals surface area (Å²) in [5, 5.41) is 14.3. The van der Waals surface area contributed by atoms with Crippen LogP contribution in [0.4, 0.5) is 0 Å². The number of unbranched alkanes of at least 4 members (excludes halogenated alkanes) is 3. The molecule has 6 heteroatoms. The molecule has 0 saturated carbocycles. The van der Waals surface area contributed by atoms with Crippen molar-refractivity contribution in [3.8, 4) is 5.75 Å². The Morgan fingerprint density at radius 2 is 2.03 bits per heavy atom. The number of allylic oxidation sites excluding steroid dienone is 1. The van der Waals surface area contributed by atoms with Crippen LogP contribution in [0.2, 0.25) is 0 Å². The summed E-state index contributed by atoms with van der Waals surface area (Å²) in [4.78, 5) is 24.8. The van der Waals surface area contributed by atoms with E-state index in [0.29, 0.717) is 24.2 Å². The summed E-state index contributed by atoms with van der Waals surface area (Å²) in [7, 11) is 0. The molecule has 0 fully saturated rings. The van der Waals surface area contributed by atoms with Crippen LogP contribution in [0.1, 0.15) is 80.3 Å². The Morgan fingerprint density at radius 1 is 1.18 bits per heavy atom. The Morgan fingerprint density at radius 3 is 2.79 bits per heavy atom. The van der Waals surface area contributed by atoms with E-state index in [4.69, 9.17) is 4.98 Å². The second-order valence-corrected chi connectivity index (χ2v) is 8.16. The number of benzene rings is 1. The van der Waals surface area contributed by atoms with Gasteiger partial charge in [0.25, 0.3) is 5.91 Å². The fraction of sp³-hybridized carbons (Fsp3) is 0.370. The molecular weight excluding hydrogens is 412 g/mol. The number of phenols is 1. The highest BCUT2D eigenvalue weighted by molar-refractivity contribution is 5.99. The molecule has 0 aliphatic rings. The number of aliphatic imine (C=N–C) groups is 1. The topological polar surface area (TPSA) is 90.4 Å². The van der Waals surface area contributed by atoms with E-state index in [0.717, 1.165) is 47.3 Å². The number of rotatable bonds is 11. The summed E-state index contributed by atoms with van der Waals surface area (Å²) in [6.45, 7) is 6.82. The van der Waals surface area contributed by atoms with E-state index in [2.05, 4.69) is 22.2 Å². The van der Waals surface area contributed by atoms with Crippen molar-refractivity contribution in [3.05, 3.63) is 65.1 Å². The number of nitrogens with one attached hydrogen (secondary N) is 2. The highest BCUT2D eigenvalue weighted by atomic mass is 16.3. The molecule has 0 atom stereocenters. The monoisotopic (exact) mass is 446 g/mol. The van der Waals surface area contributed by atoms with Gasteiger partial charge in [-0.05, 0) is 55.7 Å². The maximum absolute atomic E-state index is 12.5. The van der Waals surface area contributed by atoms with E-state index in [1.807, 2.05) is 50.4 Å². The Kier molecular flexibility index (Phi) is 8.81. The van der Waals surface area contributed by atoms with E-state index in [-0.39, 0.29) is 11.7 Å². The fourth-order valence-electron chi connectivity index (χ4n) is 3.77. The highest BCUT2D eigenvalue weighted by Crippen LogP contribution is 2.28. The summed E-state index contributed by atoms with van der Waals surface area (Å²) in [5.41, 5.74) is 4.51. The minimum absolute atomic E-state index is 0.127. The van der Waals surface area contributed by atoms with Gasteiger partial charge in [0.1, 0.15) is 11.4 Å². The van der Waals surface area contributed by atoms with Crippen LogP contribution in [-0.4, -0.2) is 33.7 Å². The van der Waals surface area contributed by atoms with Crippen LogP contribution in [-0.2, 0) is 6.42 Å². The van der Waals surface area contributed by atoms with Gasteiger partial charge < -0.3 is 15.4 Å². The van der Waals surface area contributed by atoms with Crippen LogP contribution in [0.25, 0.3) is 16.6 Å². The first-order valence-electron chi connectivity index (χ1n) is 11.8. The third-order valence-electron chi connectivity index (χ3n) is 5.47. The first-order valence-corrected chi connectivity index (χ1v) is 11.8. The molecule has 1 aromatic carbocycles. The first kappa shape index (κ1) is 24.2. The number of aromatic amines is 1. The summed E-state index contributed by atoms with van der Waals surface area (Å²) >= 11 is 0. The molecular formula is C27H34N4O2. The van der Waals surface area contributed by atoms with Crippen LogP contribution in [0.5, 0.6) is 5.75 Å². The normalized spacial score (nSPS) is 12.0. The number of nitrogens with zero attached hydrogens (tertiary/aromatic N) is 2. The number of aromatic hydroxyl groups is 1. The van der Waals surface area contributed by atoms with Gasteiger partial charge in [0, 0.05) is 30.3 Å². The van der Waals surface area contributed by atoms with Crippen molar-refractivity contribution in [2.24, 2.45) is 4.99 Å². The molecule has 174 valence electrons. The van der Waals surface area contributed by atoms with E-state index < -0.39 is 0 Å². The van der Waals surface area contributed by atoms with Gasteiger partial charge in [-0.3, -0.25) is 14.8 Å². The van der Waals surface area contributed by atoms with Crippen molar-refractivity contribution in [1.29, 1.82) is 0 Å². The predicted octanol–water partition coefficient (Wildman–Crippen LogP) is 6.01. The Balaban J connectivity index is 1.75. The third-order valence-corrected chi connectivity index (χ3v) is 5.47. The molecule has 0 saturated heterocycles. The maximum Gasteiger partial charge on any atom is 0.267 e. The minimum Gasteiger partial charge on any atom is -0.506 e. The zero-order chi connectivity index (χ0) is 23.6. The quantitative estimate of drug-likeness (QED) is 0.249. The second-order valence-electron chi connectivity index (χ2n) is 8.16. The number of fused-ring (bicyclic) bond motifs is 1. The second kappa shape index (κ2) is 12.0. The Hall–Kier alpha value is -3.41. The number of amides is 1. The molecule has 3 aromatic rings. The SMILES string of the molecule is C/C=C(\N=CCC)c1cccc(Cc2cc(O)c3[nH]c(C(=O)NCCCCCC)cc3c2)n1. The number of hydrogen-bond donors (Lipinski definition) is 3. The number of phenolic OH excluding ortho intramolecular Hbond substituents is 1. The van der Waals surface area contributed by atoms with E-state index in [1.54, 1.807) is 12.1 Å². The van der Waals surface area contributed by atoms with Crippen molar-refractivity contribution in [2.45, 2.75) is 59.3 Å². The van der Waals surface area contributed by atoms with Gasteiger partial charge in [0.2, 0.25) is 0 Å². The standard InChI is InChI=1S/C27H34N4O2/c1-4-7-8-9-14-29-27(33)24-18-20-15-19(17-25(32)26(20)31-24)16-21-11-10-12-23(30-21)22(6-3)28-13-5-2/h6,10-13,15,17-18,31-32H,4-5,7-9,14,16H2,1-3H3,(H,29,33)/b22-6-,28-13?. The van der Waals surface area contributed by atoms with Gasteiger partial charge in [-0.1, -0.05) is 45.3 Å². The molecule has 2 heterocycles. The number of carbonyl (C=O) groups excluding carboxylic acids is 1. The van der Waals surface area contributed by atoms with Gasteiger partial charge in [-0.15, -0.1) is 0 Å². The summed E-state index contributed by atoms with van der Waals surface area (Å²) in [6, 6.07) is 11.4. The van der Waals surface area contributed by atoms with Gasteiger partial charge in [-0.25, -0.2) is 0 Å². The van der Waals surface area contributed by atoms with Crippen LogP contribution in [0.3, 0.4) is 0 Å². The molecule has 3 N–H and O–H groups in total. The van der Waals surface area contributed by atoms with Gasteiger partial charge in [0.05, 0.1) is 16.9 Å². The average Bonchev–Trinajstić information content (AvgIpc) is 3.25. The summed E-state index contributed by atoms with van der Waals surface area (Å²) in [6.07, 6.45) is 9.69. The van der Waals surface area contributed by atoms with Crippen LogP contribution < -0.4 is 5.32 Å². The number of H-pyrrole nitrogens is 1. The summed E-state index contributed by atoms with van der Waals surface area (Å²) in [5.74, 6) is -0.0214. The molecule has 0 unspecified atom stereocenters. The lowest BCUT2D eigenvalue weighted by Gasteiger charge is -2.06. The van der Waals surface area contributed by atoms with Gasteiger partial charge in [-0.2, -0.15) is 0 Å². The van der Waals surface area contributed by atoms with Crippen molar-refractivity contribution >= 4 is 28.7 Å². The van der Waals surface area contributed by atoms with E-state index in [9.17, 15) is 9.90 Å². The Labute approximate surface area is 195 Å². The number of hydrogen-bond acceptors (Lipinski definition) is 4. The summed E-state index contributed by atoms with van der Waals surface area (Å²) < 4.78 is 0. The van der Waals surface area contributed by atoms with Gasteiger partial charge in [0.15, 0.2) is 0 Å². The molecule has 0 radical (unpaired) electrons. The van der Waals surface area contributed by atoms with Crippen molar-refractivity contribution < 1.29 is 9.90 Å². The lowest BCUT2D eigenvalue weighted by Crippen LogP contribution is -2.24. The lowest BCUT2D eigenvalue weighted by molar-refractivity contribution is 0.0949. The molecule has 6 nitrogen and oxygen atoms in total. The van der Waals surface area contributed by atoms with Crippen LogP contribution in [0.15, 0.2) is 47.5 Å². The molecule has 2 aromatic heterocycles.